The van der Waals surface area contributed by atoms with E-state index in [9.17, 15) is 4.79 Å². The summed E-state index contributed by atoms with van der Waals surface area (Å²) in [5, 5.41) is 5.58. The summed E-state index contributed by atoms with van der Waals surface area (Å²) in [5.41, 5.74) is 3.43. The summed E-state index contributed by atoms with van der Waals surface area (Å²) in [7, 11) is 0. The van der Waals surface area contributed by atoms with Crippen LogP contribution in [0.25, 0.3) is 0 Å². The van der Waals surface area contributed by atoms with Crippen molar-refractivity contribution in [3.63, 3.8) is 0 Å². The highest BCUT2D eigenvalue weighted by atomic mass is 32.1. The molecule has 116 valence electrons. The zero-order valence-corrected chi connectivity index (χ0v) is 13.7. The summed E-state index contributed by atoms with van der Waals surface area (Å²) >= 11 is 1.50. The third-order valence-electron chi connectivity index (χ3n) is 3.91. The second-order valence-corrected chi connectivity index (χ2v) is 6.55. The first-order valence-corrected chi connectivity index (χ1v) is 8.46. The lowest BCUT2D eigenvalue weighted by molar-refractivity contribution is -0.116. The van der Waals surface area contributed by atoms with Crippen LogP contribution in [0.2, 0.25) is 0 Å². The molecule has 1 N–H and O–H groups in total. The van der Waals surface area contributed by atoms with Crippen LogP contribution in [0.15, 0.2) is 23.6 Å². The maximum atomic E-state index is 11.9. The van der Waals surface area contributed by atoms with E-state index in [2.05, 4.69) is 23.3 Å². The minimum Gasteiger partial charge on any atom is -0.493 e. The quantitative estimate of drug-likeness (QED) is 0.875. The van der Waals surface area contributed by atoms with Gasteiger partial charge in [0.2, 0.25) is 5.91 Å². The average molecular weight is 316 g/mol. The molecule has 0 aliphatic heterocycles. The van der Waals surface area contributed by atoms with Crippen LogP contribution in [0.3, 0.4) is 0 Å². The van der Waals surface area contributed by atoms with E-state index in [-0.39, 0.29) is 5.91 Å². The molecule has 1 aromatic heterocycles. The van der Waals surface area contributed by atoms with Gasteiger partial charge in [-0.3, -0.25) is 4.79 Å². The summed E-state index contributed by atoms with van der Waals surface area (Å²) < 4.78 is 5.70. The lowest BCUT2D eigenvalue weighted by Gasteiger charge is -2.10. The Morgan fingerprint density at radius 2 is 2.23 bits per heavy atom. The Labute approximate surface area is 134 Å². The molecule has 1 aliphatic rings. The first-order valence-electron chi connectivity index (χ1n) is 7.58. The minimum atomic E-state index is -0.0537. The Hall–Kier alpha value is -1.88. The van der Waals surface area contributed by atoms with Gasteiger partial charge in [0, 0.05) is 11.3 Å². The molecule has 2 aromatic rings. The molecular weight excluding hydrogens is 296 g/mol. The smallest absolute Gasteiger partial charge is 0.229 e. The van der Waals surface area contributed by atoms with Gasteiger partial charge in [0.15, 0.2) is 5.13 Å². The van der Waals surface area contributed by atoms with Gasteiger partial charge in [0.25, 0.3) is 0 Å². The summed E-state index contributed by atoms with van der Waals surface area (Å²) in [5.74, 6) is 1.41. The van der Waals surface area contributed by atoms with Crippen molar-refractivity contribution in [1.29, 1.82) is 0 Å². The van der Waals surface area contributed by atoms with Crippen LogP contribution in [0.5, 0.6) is 5.75 Å². The molecule has 22 heavy (non-hydrogen) atoms. The van der Waals surface area contributed by atoms with E-state index in [1.54, 1.807) is 0 Å². The van der Waals surface area contributed by atoms with Gasteiger partial charge in [0.05, 0.1) is 18.7 Å². The molecule has 1 heterocycles. The van der Waals surface area contributed by atoms with E-state index < -0.39 is 0 Å². The number of carbonyl (C=O) groups excluding carboxylic acids is 1. The summed E-state index contributed by atoms with van der Waals surface area (Å²) in [6, 6.07) is 5.95. The molecule has 0 unspecified atom stereocenters. The Balaban J connectivity index is 1.46. The molecule has 0 saturated heterocycles. The fourth-order valence-corrected chi connectivity index (χ4v) is 3.03. The molecule has 1 saturated carbocycles. The lowest BCUT2D eigenvalue weighted by atomic mass is 10.1. The summed E-state index contributed by atoms with van der Waals surface area (Å²) in [6.45, 7) is 4.45. The fraction of sp³-hybridized carbons (Fsp3) is 0.412. The fourth-order valence-electron chi connectivity index (χ4n) is 2.23. The molecule has 1 amide bonds. The number of amides is 1. The predicted octanol–water partition coefficient (Wildman–Crippen LogP) is 4.04. The van der Waals surface area contributed by atoms with Gasteiger partial charge in [-0.1, -0.05) is 12.1 Å². The van der Waals surface area contributed by atoms with Crippen LogP contribution in [0.1, 0.15) is 42.0 Å². The van der Waals surface area contributed by atoms with Gasteiger partial charge in [-0.05, 0) is 43.9 Å². The number of nitrogens with one attached hydrogen (secondary N) is 1. The summed E-state index contributed by atoms with van der Waals surface area (Å²) in [4.78, 5) is 16.4. The van der Waals surface area contributed by atoms with Crippen molar-refractivity contribution in [2.45, 2.75) is 39.0 Å². The topological polar surface area (TPSA) is 51.2 Å². The number of nitrogens with zero attached hydrogens (tertiary/aromatic N) is 1. The second kappa shape index (κ2) is 6.48. The van der Waals surface area contributed by atoms with Gasteiger partial charge in [0.1, 0.15) is 5.75 Å². The molecule has 4 nitrogen and oxygen atoms in total. The number of anilines is 1. The van der Waals surface area contributed by atoms with Gasteiger partial charge in [-0.15, -0.1) is 11.3 Å². The number of benzene rings is 1. The van der Waals surface area contributed by atoms with E-state index in [0.717, 1.165) is 17.0 Å². The maximum Gasteiger partial charge on any atom is 0.229 e. The SMILES string of the molecule is Cc1cccc(OCCC(=O)Nc2nc(C3CC3)cs2)c1C. The van der Waals surface area contributed by atoms with E-state index in [1.165, 1.54) is 29.7 Å². The first kappa shape index (κ1) is 15.0. The number of aromatic nitrogens is 1. The second-order valence-electron chi connectivity index (χ2n) is 5.70. The molecule has 3 rings (SSSR count). The number of carbonyl (C=O) groups is 1. The molecule has 1 fully saturated rings. The number of hydrogen-bond donors (Lipinski definition) is 1. The zero-order valence-electron chi connectivity index (χ0n) is 12.9. The van der Waals surface area contributed by atoms with E-state index in [4.69, 9.17) is 4.74 Å². The van der Waals surface area contributed by atoms with Gasteiger partial charge < -0.3 is 10.1 Å². The van der Waals surface area contributed by atoms with Crippen LogP contribution in [0.4, 0.5) is 5.13 Å². The van der Waals surface area contributed by atoms with Crippen LogP contribution in [-0.4, -0.2) is 17.5 Å². The van der Waals surface area contributed by atoms with Gasteiger partial charge in [-0.25, -0.2) is 4.98 Å². The Bertz CT molecular complexity index is 677. The molecule has 0 spiro atoms. The number of ether oxygens (including phenoxy) is 1. The zero-order chi connectivity index (χ0) is 15.5. The number of rotatable bonds is 6. The van der Waals surface area contributed by atoms with Crippen molar-refractivity contribution in [3.8, 4) is 5.75 Å². The van der Waals surface area contributed by atoms with E-state index in [0.29, 0.717) is 24.1 Å². The Kier molecular flexibility index (Phi) is 4.43. The predicted molar refractivity (Wildman–Crippen MR) is 88.7 cm³/mol. The third kappa shape index (κ3) is 3.65. The van der Waals surface area contributed by atoms with Crippen LogP contribution < -0.4 is 10.1 Å². The van der Waals surface area contributed by atoms with Crippen molar-refractivity contribution in [1.82, 2.24) is 4.98 Å². The number of thiazole rings is 1. The van der Waals surface area contributed by atoms with Crippen LogP contribution >= 0.6 is 11.3 Å². The molecule has 1 aliphatic carbocycles. The third-order valence-corrected chi connectivity index (χ3v) is 4.68. The Morgan fingerprint density at radius 3 is 3.00 bits per heavy atom. The minimum absolute atomic E-state index is 0.0537. The van der Waals surface area contributed by atoms with Crippen molar-refractivity contribution in [3.05, 3.63) is 40.4 Å². The molecule has 0 atom stereocenters. The lowest BCUT2D eigenvalue weighted by Crippen LogP contribution is -2.15. The molecule has 0 bridgehead atoms. The Morgan fingerprint density at radius 1 is 1.41 bits per heavy atom. The number of hydrogen-bond acceptors (Lipinski definition) is 4. The normalized spacial score (nSPS) is 13.9. The van der Waals surface area contributed by atoms with Crippen LogP contribution in [0, 0.1) is 13.8 Å². The highest BCUT2D eigenvalue weighted by molar-refractivity contribution is 7.13. The molecule has 5 heteroatoms. The highest BCUT2D eigenvalue weighted by Crippen LogP contribution is 2.40. The monoisotopic (exact) mass is 316 g/mol. The van der Waals surface area contributed by atoms with Crippen molar-refractivity contribution in [2.75, 3.05) is 11.9 Å². The standard InChI is InChI=1S/C17H20N2O2S/c1-11-4-3-5-15(12(11)2)21-9-8-16(20)19-17-18-14(10-22-17)13-6-7-13/h3-5,10,13H,6-9H2,1-2H3,(H,18,19,20). The van der Waals surface area contributed by atoms with Crippen molar-refractivity contribution >= 4 is 22.4 Å². The maximum absolute atomic E-state index is 11.9. The van der Waals surface area contributed by atoms with E-state index >= 15 is 0 Å². The summed E-state index contributed by atoms with van der Waals surface area (Å²) in [6.07, 6.45) is 2.77. The average Bonchev–Trinajstić information content (AvgIpc) is 3.24. The van der Waals surface area contributed by atoms with Crippen molar-refractivity contribution < 1.29 is 9.53 Å². The molecule has 0 radical (unpaired) electrons. The van der Waals surface area contributed by atoms with Gasteiger partial charge in [-0.2, -0.15) is 0 Å². The van der Waals surface area contributed by atoms with Crippen LogP contribution in [-0.2, 0) is 4.79 Å². The van der Waals surface area contributed by atoms with E-state index in [1.807, 2.05) is 24.4 Å². The largest absolute Gasteiger partial charge is 0.493 e. The van der Waals surface area contributed by atoms with Gasteiger partial charge >= 0.3 is 0 Å². The molecular formula is C17H20N2O2S. The first-order chi connectivity index (χ1) is 10.6. The molecule has 1 aromatic carbocycles. The van der Waals surface area contributed by atoms with Crippen molar-refractivity contribution in [2.24, 2.45) is 0 Å². The number of aryl methyl sites for hydroxylation is 1. The highest BCUT2D eigenvalue weighted by Gasteiger charge is 2.26.